The van der Waals surface area contributed by atoms with E-state index in [1.54, 1.807) is 13.0 Å². The summed E-state index contributed by atoms with van der Waals surface area (Å²) in [7, 11) is 3.93. The molecule has 1 aliphatic carbocycles. The second-order valence-corrected chi connectivity index (χ2v) is 10.4. The second kappa shape index (κ2) is 8.76. The van der Waals surface area contributed by atoms with Crippen molar-refractivity contribution in [3.8, 4) is 5.75 Å². The van der Waals surface area contributed by atoms with Crippen LogP contribution < -0.4 is 10.1 Å². The molecule has 0 spiro atoms. The van der Waals surface area contributed by atoms with Crippen LogP contribution >= 0.6 is 0 Å². The Kier molecular flexibility index (Phi) is 5.95. The molecule has 2 saturated heterocycles. The molecule has 3 fully saturated rings. The van der Waals surface area contributed by atoms with Crippen molar-refractivity contribution in [1.82, 2.24) is 19.7 Å². The van der Waals surface area contributed by atoms with Crippen molar-refractivity contribution in [3.63, 3.8) is 0 Å². The third-order valence-electron chi connectivity index (χ3n) is 8.00. The summed E-state index contributed by atoms with van der Waals surface area (Å²) >= 11 is 0. The van der Waals surface area contributed by atoms with Gasteiger partial charge in [-0.3, -0.25) is 14.3 Å². The fourth-order valence-corrected chi connectivity index (χ4v) is 6.76. The van der Waals surface area contributed by atoms with E-state index in [0.717, 1.165) is 36.3 Å². The summed E-state index contributed by atoms with van der Waals surface area (Å²) in [6.07, 6.45) is 4.18. The number of benzene rings is 1. The van der Waals surface area contributed by atoms with Crippen molar-refractivity contribution in [3.05, 3.63) is 29.5 Å². The van der Waals surface area contributed by atoms with Crippen LogP contribution in [0.15, 0.2) is 18.2 Å². The lowest BCUT2D eigenvalue weighted by Gasteiger charge is -2.53. The van der Waals surface area contributed by atoms with Crippen LogP contribution in [0.2, 0.25) is 0 Å². The Morgan fingerprint density at radius 2 is 2.06 bits per heavy atom. The Morgan fingerprint density at radius 1 is 1.24 bits per heavy atom. The minimum atomic E-state index is -0.446. The Labute approximate surface area is 196 Å². The summed E-state index contributed by atoms with van der Waals surface area (Å²) in [5.74, 6) is 2.42. The van der Waals surface area contributed by atoms with Crippen molar-refractivity contribution in [1.29, 1.82) is 0 Å². The number of amides is 1. The minimum absolute atomic E-state index is 0.0688. The first-order valence-electron chi connectivity index (χ1n) is 12.4. The maximum atomic E-state index is 12.9. The van der Waals surface area contributed by atoms with Crippen molar-refractivity contribution in [2.45, 2.75) is 51.5 Å². The first-order chi connectivity index (χ1) is 15.9. The zero-order valence-electron chi connectivity index (χ0n) is 20.3. The standard InChI is InChI=1S/C26H36N4O3/c1-5-18-12-17-13-22-24(18)29(15-17)10-8-20-21-14-19(33-26(32)27-9-11-28(3)4)6-7-23(21)30(16(2)31)25(20)22/h6-7,14,17-18,22,24H,5,8-13,15H2,1-4H3,(H,27,32)/t17-,18-,22+,24?/m0/s1. The molecule has 6 rings (SSSR count). The highest BCUT2D eigenvalue weighted by atomic mass is 16.6. The number of carbonyl (C=O) groups is 2. The number of nitrogens with zero attached hydrogens (tertiary/aromatic N) is 3. The molecule has 4 bridgehead atoms. The molecule has 1 saturated carbocycles. The lowest BCUT2D eigenvalue weighted by Crippen LogP contribution is -2.56. The first-order valence-corrected chi connectivity index (χ1v) is 12.4. The van der Waals surface area contributed by atoms with Gasteiger partial charge >= 0.3 is 6.09 Å². The predicted molar refractivity (Wildman–Crippen MR) is 129 cm³/mol. The highest BCUT2D eigenvalue weighted by molar-refractivity contribution is 5.96. The van der Waals surface area contributed by atoms with E-state index in [4.69, 9.17) is 4.74 Å². The number of hydrogen-bond donors (Lipinski definition) is 1. The fourth-order valence-electron chi connectivity index (χ4n) is 6.76. The van der Waals surface area contributed by atoms with E-state index in [1.165, 1.54) is 37.1 Å². The maximum Gasteiger partial charge on any atom is 0.412 e. The molecule has 4 heterocycles. The first kappa shape index (κ1) is 22.4. The Bertz CT molecular complexity index is 1080. The number of likely N-dealkylation sites (N-methyl/N-ethyl adjacent to an activating group) is 1. The molecular formula is C26H36N4O3. The molecule has 2 unspecified atom stereocenters. The van der Waals surface area contributed by atoms with Crippen LogP contribution in [0.3, 0.4) is 0 Å². The van der Waals surface area contributed by atoms with Gasteiger partial charge in [-0.2, -0.15) is 0 Å². The Hall–Kier alpha value is -2.38. The van der Waals surface area contributed by atoms with Crippen LogP contribution in [0, 0.1) is 11.8 Å². The van der Waals surface area contributed by atoms with Crippen LogP contribution in [0.5, 0.6) is 5.75 Å². The lowest BCUT2D eigenvalue weighted by molar-refractivity contribution is -0.0140. The summed E-state index contributed by atoms with van der Waals surface area (Å²) < 4.78 is 7.56. The lowest BCUT2D eigenvalue weighted by atomic mass is 9.65. The number of ether oxygens (including phenoxy) is 1. The Balaban J connectivity index is 1.52. The molecular weight excluding hydrogens is 416 g/mol. The average Bonchev–Trinajstić information content (AvgIpc) is 3.05. The number of fused-ring (bicyclic) bond motifs is 4. The summed E-state index contributed by atoms with van der Waals surface area (Å²) in [6, 6.07) is 6.24. The normalized spacial score (nSPS) is 28.0. The predicted octanol–water partition coefficient (Wildman–Crippen LogP) is 3.71. The van der Waals surface area contributed by atoms with Gasteiger partial charge in [0.2, 0.25) is 5.91 Å². The summed E-state index contributed by atoms with van der Waals surface area (Å²) in [4.78, 5) is 29.9. The van der Waals surface area contributed by atoms with Crippen LogP contribution in [-0.4, -0.2) is 72.7 Å². The quantitative estimate of drug-likeness (QED) is 0.749. The van der Waals surface area contributed by atoms with Gasteiger partial charge in [-0.1, -0.05) is 13.3 Å². The summed E-state index contributed by atoms with van der Waals surface area (Å²) in [5.41, 5.74) is 3.44. The van der Waals surface area contributed by atoms with Crippen molar-refractivity contribution in [2.24, 2.45) is 11.8 Å². The molecule has 3 aliphatic heterocycles. The fraction of sp³-hybridized carbons (Fsp3) is 0.615. The number of carbonyl (C=O) groups excluding carboxylic acids is 2. The second-order valence-electron chi connectivity index (χ2n) is 10.4. The molecule has 7 heteroatoms. The number of aromatic nitrogens is 1. The van der Waals surface area contributed by atoms with Gasteiger partial charge in [0.15, 0.2) is 0 Å². The molecule has 1 aromatic heterocycles. The van der Waals surface area contributed by atoms with Gasteiger partial charge in [0.25, 0.3) is 0 Å². The number of rotatable bonds is 5. The van der Waals surface area contributed by atoms with Crippen LogP contribution in [0.1, 0.15) is 55.1 Å². The third kappa shape index (κ3) is 3.95. The molecule has 0 radical (unpaired) electrons. The van der Waals surface area contributed by atoms with E-state index >= 15 is 0 Å². The van der Waals surface area contributed by atoms with Crippen molar-refractivity contribution < 1.29 is 14.3 Å². The molecule has 4 aliphatic rings. The van der Waals surface area contributed by atoms with Gasteiger partial charge in [0.05, 0.1) is 5.52 Å². The van der Waals surface area contributed by atoms with E-state index in [1.807, 2.05) is 35.7 Å². The van der Waals surface area contributed by atoms with Gasteiger partial charge in [-0.05, 0) is 69.0 Å². The van der Waals surface area contributed by atoms with Gasteiger partial charge < -0.3 is 15.0 Å². The average molecular weight is 453 g/mol. The van der Waals surface area contributed by atoms with Gasteiger partial charge in [-0.15, -0.1) is 0 Å². The highest BCUT2D eigenvalue weighted by Crippen LogP contribution is 2.52. The van der Waals surface area contributed by atoms with Crippen molar-refractivity contribution in [2.75, 3.05) is 40.3 Å². The molecule has 33 heavy (non-hydrogen) atoms. The van der Waals surface area contributed by atoms with Crippen LogP contribution in [0.4, 0.5) is 4.79 Å². The SMILES string of the molecule is CC[C@H]1C[C@H]2C[C@H]3c4c(c5cc(OC(=O)NCCN(C)C)ccc5n4C(C)=O)CCN(C2)C13. The third-order valence-corrected chi connectivity index (χ3v) is 8.00. The van der Waals surface area contributed by atoms with E-state index in [-0.39, 0.29) is 5.91 Å². The van der Waals surface area contributed by atoms with Crippen LogP contribution in [-0.2, 0) is 6.42 Å². The summed E-state index contributed by atoms with van der Waals surface area (Å²) in [6.45, 7) is 7.50. The van der Waals surface area contributed by atoms with Crippen molar-refractivity contribution >= 4 is 22.9 Å². The molecule has 5 atom stereocenters. The topological polar surface area (TPSA) is 66.8 Å². The molecule has 178 valence electrons. The summed E-state index contributed by atoms with van der Waals surface area (Å²) in [5, 5.41) is 3.85. The highest BCUT2D eigenvalue weighted by Gasteiger charge is 2.49. The van der Waals surface area contributed by atoms with Gasteiger partial charge in [0, 0.05) is 56.1 Å². The van der Waals surface area contributed by atoms with E-state index in [2.05, 4.69) is 17.1 Å². The monoisotopic (exact) mass is 452 g/mol. The largest absolute Gasteiger partial charge is 0.412 e. The smallest absolute Gasteiger partial charge is 0.410 e. The maximum absolute atomic E-state index is 12.9. The van der Waals surface area contributed by atoms with Crippen LogP contribution in [0.25, 0.3) is 10.9 Å². The van der Waals surface area contributed by atoms with E-state index < -0.39 is 6.09 Å². The number of hydrogen-bond acceptors (Lipinski definition) is 5. The number of piperidine rings is 2. The molecule has 1 amide bonds. The minimum Gasteiger partial charge on any atom is -0.410 e. The van der Waals surface area contributed by atoms with E-state index in [9.17, 15) is 9.59 Å². The van der Waals surface area contributed by atoms with Gasteiger partial charge in [0.1, 0.15) is 5.75 Å². The Morgan fingerprint density at radius 3 is 2.79 bits per heavy atom. The number of nitrogens with one attached hydrogen (secondary N) is 1. The molecule has 7 nitrogen and oxygen atoms in total. The van der Waals surface area contributed by atoms with Gasteiger partial charge in [-0.25, -0.2) is 4.79 Å². The molecule has 2 aromatic rings. The zero-order valence-corrected chi connectivity index (χ0v) is 20.3. The molecule has 1 aromatic carbocycles. The van der Waals surface area contributed by atoms with E-state index in [0.29, 0.717) is 30.2 Å². The zero-order chi connectivity index (χ0) is 23.3. The molecule has 1 N–H and O–H groups in total.